The second-order valence-corrected chi connectivity index (χ2v) is 9.30. The summed E-state index contributed by atoms with van der Waals surface area (Å²) in [5, 5.41) is 1.20. The van der Waals surface area contributed by atoms with Crippen LogP contribution in [0.25, 0.3) is 0 Å². The minimum Gasteiger partial charge on any atom is -0.490 e. The number of ether oxygens (including phenoxy) is 2. The highest BCUT2D eigenvalue weighted by Crippen LogP contribution is 2.21. The highest BCUT2D eigenvalue weighted by Gasteiger charge is 2.25. The Morgan fingerprint density at radius 1 is 0.833 bits per heavy atom. The number of ketones is 1. The molecule has 0 aliphatic rings. The molecule has 196 valence electrons. The predicted octanol–water partition coefficient (Wildman–Crippen LogP) is 7.20. The summed E-state index contributed by atoms with van der Waals surface area (Å²) in [5.41, 5.74) is 1.10. The minimum atomic E-state index is -1.39. The second kappa shape index (κ2) is 16.0. The van der Waals surface area contributed by atoms with Crippen molar-refractivity contribution in [3.05, 3.63) is 59.7 Å². The van der Waals surface area contributed by atoms with Gasteiger partial charge in [0.15, 0.2) is 11.2 Å². The van der Waals surface area contributed by atoms with E-state index in [9.17, 15) is 14.4 Å². The topological polar surface area (TPSA) is 81.7 Å². The average molecular weight is 516 g/mol. The van der Waals surface area contributed by atoms with E-state index in [1.807, 2.05) is 0 Å². The lowest BCUT2D eigenvalue weighted by Crippen LogP contribution is -2.30. The van der Waals surface area contributed by atoms with Gasteiger partial charge >= 0.3 is 5.97 Å². The Bertz CT molecular complexity index is 959. The molecule has 2 unspecified atom stereocenters. The molecule has 0 aliphatic carbocycles. The van der Waals surface area contributed by atoms with Crippen molar-refractivity contribution < 1.29 is 23.9 Å². The van der Waals surface area contributed by atoms with E-state index in [-0.39, 0.29) is 6.10 Å². The number of Topliss-reactive ketones (excluding diaryl/α,β-unsaturated/α-hetero) is 1. The second-order valence-electron chi connectivity index (χ2n) is 8.87. The zero-order chi connectivity index (χ0) is 26.3. The molecule has 2 aromatic rings. The Morgan fingerprint density at radius 3 is 2.00 bits per heavy atom. The molecule has 0 spiro atoms. The summed E-state index contributed by atoms with van der Waals surface area (Å²) < 4.78 is 10.8. The number of amides is 1. The van der Waals surface area contributed by atoms with Gasteiger partial charge in [0, 0.05) is 11.3 Å². The maximum atomic E-state index is 12.7. The zero-order valence-corrected chi connectivity index (χ0v) is 22.3. The number of hydrogen-bond donors (Lipinski definition) is 1. The molecule has 0 bridgehead atoms. The number of carbonyl (C=O) groups is 3. The molecule has 1 amide bonds. The molecular formula is C29H38ClNO5. The highest BCUT2D eigenvalue weighted by atomic mass is 35.5. The summed E-state index contributed by atoms with van der Waals surface area (Å²) in [5.74, 6) is -0.924. The third-order valence-electron chi connectivity index (χ3n) is 6.06. The first-order chi connectivity index (χ1) is 17.4. The van der Waals surface area contributed by atoms with Crippen LogP contribution in [0, 0.1) is 0 Å². The van der Waals surface area contributed by atoms with Crippen molar-refractivity contribution in [2.75, 3.05) is 12.4 Å². The molecule has 2 rings (SSSR count). The smallest absolute Gasteiger partial charge is 0.337 e. The summed E-state index contributed by atoms with van der Waals surface area (Å²) in [6.45, 7) is 4.34. The Labute approximate surface area is 219 Å². The standard InChI is InChI=1S/C29H38ClNO5/c1-4-6-7-8-9-10-11-12-24(5-2)36-25-19-15-21(16-20-25)27(32)26(30)28(33)31-23-17-13-22(14-18-23)29(34)35-3/h13-20,24,26H,4-12H2,1-3H3,(H,31,33). The lowest BCUT2D eigenvalue weighted by atomic mass is 10.0. The van der Waals surface area contributed by atoms with Crippen LogP contribution in [0.5, 0.6) is 5.75 Å². The molecule has 6 nitrogen and oxygen atoms in total. The number of rotatable bonds is 16. The van der Waals surface area contributed by atoms with Gasteiger partial charge in [0.2, 0.25) is 5.91 Å². The largest absolute Gasteiger partial charge is 0.490 e. The van der Waals surface area contributed by atoms with Gasteiger partial charge in [-0.3, -0.25) is 9.59 Å². The number of nitrogens with one attached hydrogen (secondary N) is 1. The summed E-state index contributed by atoms with van der Waals surface area (Å²) >= 11 is 6.16. The fourth-order valence-corrected chi connectivity index (χ4v) is 4.02. The third-order valence-corrected chi connectivity index (χ3v) is 6.46. The number of carbonyl (C=O) groups excluding carboxylic acids is 3. The number of alkyl halides is 1. The molecule has 0 aliphatic heterocycles. The Morgan fingerprint density at radius 2 is 1.42 bits per heavy atom. The molecular weight excluding hydrogens is 478 g/mol. The molecule has 0 fully saturated rings. The van der Waals surface area contributed by atoms with Crippen LogP contribution in [0.2, 0.25) is 0 Å². The summed E-state index contributed by atoms with van der Waals surface area (Å²) in [6.07, 6.45) is 10.9. The molecule has 36 heavy (non-hydrogen) atoms. The lowest BCUT2D eigenvalue weighted by molar-refractivity contribution is -0.115. The van der Waals surface area contributed by atoms with E-state index in [1.54, 1.807) is 36.4 Å². The maximum Gasteiger partial charge on any atom is 0.337 e. The van der Waals surface area contributed by atoms with Gasteiger partial charge in [-0.05, 0) is 67.8 Å². The van der Waals surface area contributed by atoms with Crippen LogP contribution in [0.3, 0.4) is 0 Å². The number of methoxy groups -OCH3 is 1. The predicted molar refractivity (Wildman–Crippen MR) is 144 cm³/mol. The first-order valence-electron chi connectivity index (χ1n) is 12.8. The van der Waals surface area contributed by atoms with E-state index in [1.165, 1.54) is 57.8 Å². The maximum absolute atomic E-state index is 12.7. The van der Waals surface area contributed by atoms with E-state index in [0.717, 1.165) is 19.3 Å². The minimum absolute atomic E-state index is 0.138. The molecule has 0 heterocycles. The van der Waals surface area contributed by atoms with Gasteiger partial charge in [0.1, 0.15) is 5.75 Å². The molecule has 2 atom stereocenters. The van der Waals surface area contributed by atoms with Crippen molar-refractivity contribution in [3.63, 3.8) is 0 Å². The van der Waals surface area contributed by atoms with E-state index < -0.39 is 23.0 Å². The van der Waals surface area contributed by atoms with Crippen molar-refractivity contribution >= 4 is 34.9 Å². The average Bonchev–Trinajstić information content (AvgIpc) is 2.91. The zero-order valence-electron chi connectivity index (χ0n) is 21.6. The first-order valence-corrected chi connectivity index (χ1v) is 13.3. The molecule has 0 radical (unpaired) electrons. The fourth-order valence-electron chi connectivity index (χ4n) is 3.84. The van der Waals surface area contributed by atoms with Crippen LogP contribution in [0.4, 0.5) is 5.69 Å². The van der Waals surface area contributed by atoms with Gasteiger partial charge in [-0.2, -0.15) is 0 Å². The van der Waals surface area contributed by atoms with Crippen LogP contribution in [0.15, 0.2) is 48.5 Å². The summed E-state index contributed by atoms with van der Waals surface area (Å²) in [6, 6.07) is 12.9. The van der Waals surface area contributed by atoms with E-state index in [2.05, 4.69) is 23.9 Å². The van der Waals surface area contributed by atoms with Crippen molar-refractivity contribution in [1.82, 2.24) is 0 Å². The number of halogens is 1. The SMILES string of the molecule is CCCCCCCCCC(CC)Oc1ccc(C(=O)C(Cl)C(=O)Nc2ccc(C(=O)OC)cc2)cc1. The Hall–Kier alpha value is -2.86. The third kappa shape index (κ3) is 9.65. The Balaban J connectivity index is 1.84. The van der Waals surface area contributed by atoms with Crippen LogP contribution >= 0.6 is 11.6 Å². The number of hydrogen-bond acceptors (Lipinski definition) is 5. The molecule has 0 saturated carbocycles. The molecule has 2 aromatic carbocycles. The van der Waals surface area contributed by atoms with E-state index in [0.29, 0.717) is 22.6 Å². The number of benzene rings is 2. The molecule has 1 N–H and O–H groups in total. The normalized spacial score (nSPS) is 12.4. The summed E-state index contributed by atoms with van der Waals surface area (Å²) in [4.78, 5) is 36.7. The monoisotopic (exact) mass is 515 g/mol. The molecule has 0 saturated heterocycles. The van der Waals surface area contributed by atoms with Crippen molar-refractivity contribution in [3.8, 4) is 5.75 Å². The van der Waals surface area contributed by atoms with Crippen LogP contribution in [-0.4, -0.2) is 36.3 Å². The van der Waals surface area contributed by atoms with Crippen LogP contribution < -0.4 is 10.1 Å². The van der Waals surface area contributed by atoms with Crippen LogP contribution in [0.1, 0.15) is 92.4 Å². The quantitative estimate of drug-likeness (QED) is 0.0840. The lowest BCUT2D eigenvalue weighted by Gasteiger charge is -2.18. The van der Waals surface area contributed by atoms with E-state index >= 15 is 0 Å². The van der Waals surface area contributed by atoms with Crippen molar-refractivity contribution in [2.45, 2.75) is 83.1 Å². The van der Waals surface area contributed by atoms with Gasteiger partial charge < -0.3 is 14.8 Å². The Kier molecular flexibility index (Phi) is 13.1. The van der Waals surface area contributed by atoms with Gasteiger partial charge in [0.25, 0.3) is 0 Å². The van der Waals surface area contributed by atoms with Gasteiger partial charge in [0.05, 0.1) is 18.8 Å². The van der Waals surface area contributed by atoms with Gasteiger partial charge in [-0.1, -0.05) is 52.4 Å². The molecule has 7 heteroatoms. The highest BCUT2D eigenvalue weighted by molar-refractivity contribution is 6.45. The number of unbranched alkanes of at least 4 members (excludes halogenated alkanes) is 6. The summed E-state index contributed by atoms with van der Waals surface area (Å²) in [7, 11) is 1.29. The van der Waals surface area contributed by atoms with Gasteiger partial charge in [-0.25, -0.2) is 4.79 Å². The molecule has 0 aromatic heterocycles. The fraction of sp³-hybridized carbons (Fsp3) is 0.483. The van der Waals surface area contributed by atoms with Crippen molar-refractivity contribution in [2.24, 2.45) is 0 Å². The first kappa shape index (κ1) is 29.4. The van der Waals surface area contributed by atoms with Crippen molar-refractivity contribution in [1.29, 1.82) is 0 Å². The van der Waals surface area contributed by atoms with Crippen LogP contribution in [-0.2, 0) is 9.53 Å². The van der Waals surface area contributed by atoms with E-state index in [4.69, 9.17) is 16.3 Å². The van der Waals surface area contributed by atoms with Gasteiger partial charge in [-0.15, -0.1) is 11.6 Å². The number of anilines is 1. The number of esters is 1.